The average molecular weight is 292 g/mol. The van der Waals surface area contributed by atoms with Crippen LogP contribution in [0.4, 0.5) is 0 Å². The molecule has 2 heterocycles. The Bertz CT molecular complexity index is 726. The fourth-order valence-electron chi connectivity index (χ4n) is 2.88. The third-order valence-electron chi connectivity index (χ3n) is 3.71. The Labute approximate surface area is 123 Å². The molecule has 0 bridgehead atoms. The zero-order valence-corrected chi connectivity index (χ0v) is 13.4. The Morgan fingerprint density at radius 1 is 1.14 bits per heavy atom. The fourth-order valence-corrected chi connectivity index (χ4v) is 2.88. The van der Waals surface area contributed by atoms with Gasteiger partial charge in [-0.25, -0.2) is 9.78 Å². The van der Waals surface area contributed by atoms with E-state index in [-0.39, 0.29) is 17.3 Å². The molecule has 6 heteroatoms. The minimum absolute atomic E-state index is 0.0797. The van der Waals surface area contributed by atoms with Crippen LogP contribution in [0.15, 0.2) is 15.9 Å². The van der Waals surface area contributed by atoms with Crippen LogP contribution in [0.25, 0.3) is 11.2 Å². The van der Waals surface area contributed by atoms with Crippen molar-refractivity contribution in [2.24, 2.45) is 18.9 Å². The van der Waals surface area contributed by atoms with Crippen molar-refractivity contribution in [3.05, 3.63) is 27.2 Å². The molecule has 0 amide bonds. The van der Waals surface area contributed by atoms with Gasteiger partial charge in [-0.3, -0.25) is 13.9 Å². The number of imidazole rings is 1. The molecule has 0 atom stereocenters. The zero-order valence-electron chi connectivity index (χ0n) is 13.4. The lowest BCUT2D eigenvalue weighted by molar-refractivity contribution is 0.321. The molecule has 2 aromatic heterocycles. The van der Waals surface area contributed by atoms with Gasteiger partial charge < -0.3 is 4.98 Å². The van der Waals surface area contributed by atoms with Crippen molar-refractivity contribution in [2.75, 3.05) is 0 Å². The van der Waals surface area contributed by atoms with Crippen LogP contribution in [-0.4, -0.2) is 19.1 Å². The molecule has 116 valence electrons. The van der Waals surface area contributed by atoms with E-state index in [4.69, 9.17) is 0 Å². The third-order valence-corrected chi connectivity index (χ3v) is 3.71. The van der Waals surface area contributed by atoms with Gasteiger partial charge in [-0.1, -0.05) is 27.7 Å². The van der Waals surface area contributed by atoms with Gasteiger partial charge in [-0.2, -0.15) is 0 Å². The number of hydrogen-bond acceptors (Lipinski definition) is 3. The molecule has 0 aliphatic carbocycles. The fraction of sp³-hybridized carbons (Fsp3) is 0.667. The summed E-state index contributed by atoms with van der Waals surface area (Å²) in [6.07, 6.45) is 3.08. The van der Waals surface area contributed by atoms with Gasteiger partial charge in [0.1, 0.15) is 5.52 Å². The number of H-pyrrole nitrogens is 1. The second-order valence-corrected chi connectivity index (χ2v) is 6.53. The first-order chi connectivity index (χ1) is 9.82. The molecule has 0 saturated heterocycles. The van der Waals surface area contributed by atoms with Gasteiger partial charge in [0.05, 0.1) is 6.33 Å². The minimum Gasteiger partial charge on any atom is -0.339 e. The summed E-state index contributed by atoms with van der Waals surface area (Å²) >= 11 is 0. The lowest BCUT2D eigenvalue weighted by Gasteiger charge is -2.23. The van der Waals surface area contributed by atoms with Crippen molar-refractivity contribution >= 4 is 11.2 Å². The van der Waals surface area contributed by atoms with Crippen LogP contribution < -0.4 is 11.2 Å². The standard InChI is InChI=1S/C15H24N4O2/c1-9(2)6-11(7-10(3)4)19-14(20)12-13(17-8-16-12)18(5)15(19)21/h8-11H,6-7H2,1-5H3,(H,16,17). The van der Waals surface area contributed by atoms with Gasteiger partial charge in [0.15, 0.2) is 5.65 Å². The van der Waals surface area contributed by atoms with Gasteiger partial charge in [0.25, 0.3) is 5.56 Å². The highest BCUT2D eigenvalue weighted by Crippen LogP contribution is 2.23. The Hall–Kier alpha value is -1.85. The summed E-state index contributed by atoms with van der Waals surface area (Å²) in [6.45, 7) is 8.43. The van der Waals surface area contributed by atoms with Crippen LogP contribution in [0.1, 0.15) is 46.6 Å². The number of nitrogens with zero attached hydrogens (tertiary/aromatic N) is 3. The van der Waals surface area contributed by atoms with Crippen LogP contribution in [0.5, 0.6) is 0 Å². The topological polar surface area (TPSA) is 72.7 Å². The number of aromatic nitrogens is 4. The monoisotopic (exact) mass is 292 g/mol. The lowest BCUT2D eigenvalue weighted by atomic mass is 9.95. The van der Waals surface area contributed by atoms with E-state index in [2.05, 4.69) is 37.7 Å². The number of aromatic amines is 1. The highest BCUT2D eigenvalue weighted by atomic mass is 16.2. The van der Waals surface area contributed by atoms with Crippen LogP contribution in [0, 0.1) is 11.8 Å². The second kappa shape index (κ2) is 5.87. The molecule has 0 aliphatic heterocycles. The SMILES string of the molecule is CC(C)CC(CC(C)C)n1c(=O)c2[nH]cnc2n(C)c1=O. The van der Waals surface area contributed by atoms with E-state index in [1.165, 1.54) is 15.5 Å². The zero-order chi connectivity index (χ0) is 15.7. The summed E-state index contributed by atoms with van der Waals surface area (Å²) in [4.78, 5) is 32.1. The first kappa shape index (κ1) is 15.5. The largest absolute Gasteiger partial charge is 0.339 e. The van der Waals surface area contributed by atoms with Crippen molar-refractivity contribution in [1.29, 1.82) is 0 Å². The molecule has 0 unspecified atom stereocenters. The summed E-state index contributed by atoms with van der Waals surface area (Å²) in [7, 11) is 1.66. The van der Waals surface area contributed by atoms with Crippen molar-refractivity contribution < 1.29 is 0 Å². The van der Waals surface area contributed by atoms with Gasteiger partial charge in [-0.05, 0) is 24.7 Å². The molecule has 0 aliphatic rings. The normalized spacial score (nSPS) is 12.2. The third kappa shape index (κ3) is 2.94. The van der Waals surface area contributed by atoms with Gasteiger partial charge in [-0.15, -0.1) is 0 Å². The van der Waals surface area contributed by atoms with E-state index in [9.17, 15) is 9.59 Å². The Morgan fingerprint density at radius 3 is 2.24 bits per heavy atom. The van der Waals surface area contributed by atoms with Crippen molar-refractivity contribution in [2.45, 2.75) is 46.6 Å². The predicted octanol–water partition coefficient (Wildman–Crippen LogP) is 2.06. The Morgan fingerprint density at radius 2 is 1.71 bits per heavy atom. The van der Waals surface area contributed by atoms with Crippen LogP contribution in [0.3, 0.4) is 0 Å². The van der Waals surface area contributed by atoms with Crippen LogP contribution in [-0.2, 0) is 7.05 Å². The average Bonchev–Trinajstić information content (AvgIpc) is 2.84. The van der Waals surface area contributed by atoms with Gasteiger partial charge >= 0.3 is 5.69 Å². The number of hydrogen-bond donors (Lipinski definition) is 1. The number of fused-ring (bicyclic) bond motifs is 1. The quantitative estimate of drug-likeness (QED) is 0.916. The summed E-state index contributed by atoms with van der Waals surface area (Å²) in [5, 5.41) is 0. The maximum atomic E-state index is 12.6. The van der Waals surface area contributed by atoms with E-state index in [1.54, 1.807) is 7.05 Å². The molecule has 0 spiro atoms. The Kier molecular flexibility index (Phi) is 4.34. The molecule has 0 fully saturated rings. The molecule has 0 radical (unpaired) electrons. The predicted molar refractivity (Wildman–Crippen MR) is 83.5 cm³/mol. The molecule has 0 aromatic carbocycles. The summed E-state index contributed by atoms with van der Waals surface area (Å²) < 4.78 is 2.85. The number of rotatable bonds is 5. The lowest BCUT2D eigenvalue weighted by Crippen LogP contribution is -2.42. The molecule has 1 N–H and O–H groups in total. The first-order valence-electron chi connectivity index (χ1n) is 7.47. The first-order valence-corrected chi connectivity index (χ1v) is 7.47. The van der Waals surface area contributed by atoms with E-state index in [1.807, 2.05) is 0 Å². The highest BCUT2D eigenvalue weighted by Gasteiger charge is 2.22. The molecule has 6 nitrogen and oxygen atoms in total. The summed E-state index contributed by atoms with van der Waals surface area (Å²) in [6, 6.07) is -0.0797. The maximum Gasteiger partial charge on any atom is 0.332 e. The second-order valence-electron chi connectivity index (χ2n) is 6.53. The van der Waals surface area contributed by atoms with Crippen LogP contribution >= 0.6 is 0 Å². The van der Waals surface area contributed by atoms with E-state index in [0.717, 1.165) is 12.8 Å². The van der Waals surface area contributed by atoms with Crippen LogP contribution in [0.2, 0.25) is 0 Å². The number of nitrogens with one attached hydrogen (secondary N) is 1. The Balaban J connectivity index is 2.67. The van der Waals surface area contributed by atoms with Crippen molar-refractivity contribution in [3.8, 4) is 0 Å². The highest BCUT2D eigenvalue weighted by molar-refractivity contribution is 5.68. The molecule has 21 heavy (non-hydrogen) atoms. The minimum atomic E-state index is -0.286. The van der Waals surface area contributed by atoms with Crippen molar-refractivity contribution in [3.63, 3.8) is 0 Å². The molecular weight excluding hydrogens is 268 g/mol. The molecule has 2 aromatic rings. The van der Waals surface area contributed by atoms with E-state index < -0.39 is 0 Å². The van der Waals surface area contributed by atoms with Gasteiger partial charge in [0.2, 0.25) is 0 Å². The molecular formula is C15H24N4O2. The summed E-state index contributed by atoms with van der Waals surface area (Å²) in [5.41, 5.74) is 0.256. The molecule has 0 saturated carbocycles. The smallest absolute Gasteiger partial charge is 0.332 e. The van der Waals surface area contributed by atoms with E-state index in [0.29, 0.717) is 23.0 Å². The van der Waals surface area contributed by atoms with Gasteiger partial charge in [0, 0.05) is 13.1 Å². The molecule has 2 rings (SSSR count). The van der Waals surface area contributed by atoms with E-state index >= 15 is 0 Å². The summed E-state index contributed by atoms with van der Waals surface area (Å²) in [5.74, 6) is 0.839. The van der Waals surface area contributed by atoms with Crippen molar-refractivity contribution in [1.82, 2.24) is 19.1 Å². The maximum absolute atomic E-state index is 12.6. The number of aryl methyl sites for hydroxylation is 1.